The second kappa shape index (κ2) is 5.57. The van der Waals surface area contributed by atoms with E-state index >= 15 is 0 Å². The molecule has 1 aromatic rings. The van der Waals surface area contributed by atoms with Crippen LogP contribution in [0, 0.1) is 0 Å². The molecule has 1 saturated heterocycles. The molecule has 1 aromatic heterocycles. The minimum Gasteiger partial charge on any atom is -0.371 e. The van der Waals surface area contributed by atoms with Crippen LogP contribution in [0.2, 0.25) is 0 Å². The van der Waals surface area contributed by atoms with E-state index in [0.29, 0.717) is 5.69 Å². The molecule has 0 bridgehead atoms. The minimum atomic E-state index is -0.140. The van der Waals surface area contributed by atoms with Crippen molar-refractivity contribution in [1.82, 2.24) is 15.6 Å². The van der Waals surface area contributed by atoms with Gasteiger partial charge in [0.15, 0.2) is 0 Å². The lowest BCUT2D eigenvalue weighted by Crippen LogP contribution is -2.50. The van der Waals surface area contributed by atoms with Crippen LogP contribution in [0.15, 0.2) is 18.3 Å². The smallest absolute Gasteiger partial charge is 0.269 e. The van der Waals surface area contributed by atoms with E-state index in [2.05, 4.69) is 27.4 Å². The van der Waals surface area contributed by atoms with E-state index in [4.69, 9.17) is 0 Å². The van der Waals surface area contributed by atoms with Crippen LogP contribution < -0.4 is 15.5 Å². The van der Waals surface area contributed by atoms with Gasteiger partial charge in [-0.1, -0.05) is 0 Å². The van der Waals surface area contributed by atoms with Crippen LogP contribution in [0.5, 0.6) is 0 Å². The number of amides is 1. The molecule has 0 atom stereocenters. The Morgan fingerprint density at radius 3 is 2.63 bits per heavy atom. The lowest BCUT2D eigenvalue weighted by Gasteiger charge is -2.40. The number of rotatable bonds is 3. The number of carbonyl (C=O) groups is 1. The van der Waals surface area contributed by atoms with E-state index < -0.39 is 0 Å². The molecule has 1 amide bonds. The SMILES string of the molecule is CNC(=O)c1cc(N2CCC(C)(NC)CC2)ccn1. The van der Waals surface area contributed by atoms with Crippen LogP contribution in [-0.4, -0.2) is 43.6 Å². The van der Waals surface area contributed by atoms with Crippen LogP contribution >= 0.6 is 0 Å². The fourth-order valence-electron chi connectivity index (χ4n) is 2.38. The Morgan fingerprint density at radius 1 is 1.37 bits per heavy atom. The molecule has 2 rings (SSSR count). The van der Waals surface area contributed by atoms with Crippen molar-refractivity contribution in [1.29, 1.82) is 0 Å². The molecule has 1 aliphatic heterocycles. The van der Waals surface area contributed by atoms with E-state index in [0.717, 1.165) is 31.6 Å². The summed E-state index contributed by atoms with van der Waals surface area (Å²) in [5.74, 6) is -0.140. The molecular formula is C14H22N4O. The number of anilines is 1. The Labute approximate surface area is 114 Å². The van der Waals surface area contributed by atoms with Crippen LogP contribution in [0.25, 0.3) is 0 Å². The molecule has 0 radical (unpaired) electrons. The van der Waals surface area contributed by atoms with E-state index in [9.17, 15) is 4.79 Å². The number of hydrogen-bond acceptors (Lipinski definition) is 4. The van der Waals surface area contributed by atoms with Gasteiger partial charge in [-0.15, -0.1) is 0 Å². The van der Waals surface area contributed by atoms with Gasteiger partial charge in [-0.25, -0.2) is 0 Å². The molecule has 2 heterocycles. The summed E-state index contributed by atoms with van der Waals surface area (Å²) in [6.07, 6.45) is 3.90. The Morgan fingerprint density at radius 2 is 2.05 bits per heavy atom. The largest absolute Gasteiger partial charge is 0.371 e. The second-order valence-corrected chi connectivity index (χ2v) is 5.28. The molecule has 0 saturated carbocycles. The van der Waals surface area contributed by atoms with Crippen molar-refractivity contribution in [2.75, 3.05) is 32.1 Å². The highest BCUT2D eigenvalue weighted by Gasteiger charge is 2.28. The Hall–Kier alpha value is -1.62. The monoisotopic (exact) mass is 262 g/mol. The van der Waals surface area contributed by atoms with Crippen LogP contribution in [0.3, 0.4) is 0 Å². The van der Waals surface area contributed by atoms with Gasteiger partial charge in [0.05, 0.1) is 0 Å². The zero-order chi connectivity index (χ0) is 13.9. The third-order valence-corrected chi connectivity index (χ3v) is 4.04. The number of aromatic nitrogens is 1. The first-order chi connectivity index (χ1) is 9.08. The van der Waals surface area contributed by atoms with Crippen LogP contribution in [0.4, 0.5) is 5.69 Å². The molecule has 0 aromatic carbocycles. The molecule has 5 nitrogen and oxygen atoms in total. The Bertz CT molecular complexity index is 453. The van der Waals surface area contributed by atoms with Gasteiger partial charge in [0, 0.05) is 37.6 Å². The topological polar surface area (TPSA) is 57.3 Å². The lowest BCUT2D eigenvalue weighted by atomic mass is 9.90. The third kappa shape index (κ3) is 3.04. The summed E-state index contributed by atoms with van der Waals surface area (Å²) in [6, 6.07) is 3.83. The zero-order valence-corrected chi connectivity index (χ0v) is 11.9. The highest BCUT2D eigenvalue weighted by Crippen LogP contribution is 2.25. The minimum absolute atomic E-state index is 0.140. The van der Waals surface area contributed by atoms with Crippen LogP contribution in [-0.2, 0) is 0 Å². The maximum atomic E-state index is 11.6. The number of carbonyl (C=O) groups excluding carboxylic acids is 1. The van der Waals surface area contributed by atoms with Gasteiger partial charge in [-0.3, -0.25) is 9.78 Å². The number of nitrogens with zero attached hydrogens (tertiary/aromatic N) is 2. The summed E-state index contributed by atoms with van der Waals surface area (Å²) in [7, 11) is 3.64. The molecule has 2 N–H and O–H groups in total. The first-order valence-electron chi connectivity index (χ1n) is 6.70. The van der Waals surface area contributed by atoms with Crippen molar-refractivity contribution >= 4 is 11.6 Å². The van der Waals surface area contributed by atoms with Gasteiger partial charge in [-0.2, -0.15) is 0 Å². The molecule has 5 heteroatoms. The van der Waals surface area contributed by atoms with Crippen molar-refractivity contribution in [3.05, 3.63) is 24.0 Å². The number of pyridine rings is 1. The van der Waals surface area contributed by atoms with Gasteiger partial charge in [0.1, 0.15) is 5.69 Å². The molecule has 19 heavy (non-hydrogen) atoms. The van der Waals surface area contributed by atoms with E-state index in [1.807, 2.05) is 19.2 Å². The lowest BCUT2D eigenvalue weighted by molar-refractivity contribution is 0.0958. The summed E-state index contributed by atoms with van der Waals surface area (Å²) in [4.78, 5) is 18.0. The first kappa shape index (κ1) is 13.8. The number of nitrogens with one attached hydrogen (secondary N) is 2. The van der Waals surface area contributed by atoms with Gasteiger partial charge in [0.25, 0.3) is 5.91 Å². The summed E-state index contributed by atoms with van der Waals surface area (Å²) >= 11 is 0. The fraction of sp³-hybridized carbons (Fsp3) is 0.571. The van der Waals surface area contributed by atoms with Crippen LogP contribution in [0.1, 0.15) is 30.3 Å². The average molecular weight is 262 g/mol. The number of hydrogen-bond donors (Lipinski definition) is 2. The molecule has 1 aliphatic rings. The van der Waals surface area contributed by atoms with E-state index in [1.165, 1.54) is 0 Å². The standard InChI is InChI=1S/C14H22N4O/c1-14(16-3)5-8-18(9-6-14)11-4-7-17-12(10-11)13(19)15-2/h4,7,10,16H,5-6,8-9H2,1-3H3,(H,15,19). The Balaban J connectivity index is 2.09. The molecule has 0 spiro atoms. The Kier molecular flexibility index (Phi) is 4.04. The normalized spacial score (nSPS) is 18.2. The average Bonchev–Trinajstić information content (AvgIpc) is 2.47. The van der Waals surface area contributed by atoms with Crippen molar-refractivity contribution < 1.29 is 4.79 Å². The highest BCUT2D eigenvalue weighted by molar-refractivity contribution is 5.92. The summed E-state index contributed by atoms with van der Waals surface area (Å²) in [6.45, 7) is 4.25. The number of piperidine rings is 1. The van der Waals surface area contributed by atoms with Gasteiger partial charge < -0.3 is 15.5 Å². The summed E-state index contributed by atoms with van der Waals surface area (Å²) in [5.41, 5.74) is 1.78. The fourth-order valence-corrected chi connectivity index (χ4v) is 2.38. The van der Waals surface area contributed by atoms with Gasteiger partial charge in [0.2, 0.25) is 0 Å². The van der Waals surface area contributed by atoms with Gasteiger partial charge >= 0.3 is 0 Å². The summed E-state index contributed by atoms with van der Waals surface area (Å²) in [5, 5.41) is 5.99. The predicted molar refractivity (Wildman–Crippen MR) is 76.5 cm³/mol. The summed E-state index contributed by atoms with van der Waals surface area (Å²) < 4.78 is 0. The van der Waals surface area contributed by atoms with Crippen molar-refractivity contribution in [3.8, 4) is 0 Å². The van der Waals surface area contributed by atoms with Gasteiger partial charge in [-0.05, 0) is 38.9 Å². The second-order valence-electron chi connectivity index (χ2n) is 5.28. The maximum absolute atomic E-state index is 11.6. The van der Waals surface area contributed by atoms with E-state index in [1.54, 1.807) is 13.2 Å². The molecule has 0 unspecified atom stereocenters. The quantitative estimate of drug-likeness (QED) is 0.854. The predicted octanol–water partition coefficient (Wildman–Crippen LogP) is 1.02. The van der Waals surface area contributed by atoms with Crippen molar-refractivity contribution in [3.63, 3.8) is 0 Å². The third-order valence-electron chi connectivity index (χ3n) is 4.04. The first-order valence-corrected chi connectivity index (χ1v) is 6.70. The van der Waals surface area contributed by atoms with Crippen molar-refractivity contribution in [2.45, 2.75) is 25.3 Å². The highest BCUT2D eigenvalue weighted by atomic mass is 16.1. The molecule has 1 fully saturated rings. The molecule has 0 aliphatic carbocycles. The molecule has 104 valence electrons. The zero-order valence-electron chi connectivity index (χ0n) is 11.9. The molecular weight excluding hydrogens is 240 g/mol. The van der Waals surface area contributed by atoms with Crippen molar-refractivity contribution in [2.24, 2.45) is 0 Å². The van der Waals surface area contributed by atoms with E-state index in [-0.39, 0.29) is 11.4 Å². The maximum Gasteiger partial charge on any atom is 0.269 e.